The summed E-state index contributed by atoms with van der Waals surface area (Å²) in [6, 6.07) is 0. The van der Waals surface area contributed by atoms with Crippen molar-refractivity contribution in [2.75, 3.05) is 13.1 Å². The monoisotopic (exact) mass is 164 g/mol. The Bertz CT molecular complexity index is 208. The highest BCUT2D eigenvalue weighted by atomic mass is 15.0. The molecule has 1 heterocycles. The molecule has 12 heavy (non-hydrogen) atoms. The molecule has 2 heteroatoms. The fourth-order valence-corrected chi connectivity index (χ4v) is 1.25. The average molecular weight is 164 g/mol. The minimum atomic E-state index is 0.745. The average Bonchev–Trinajstić information content (AvgIpc) is 2.33. The van der Waals surface area contributed by atoms with E-state index in [2.05, 4.69) is 22.2 Å². The van der Waals surface area contributed by atoms with Crippen LogP contribution >= 0.6 is 0 Å². The van der Waals surface area contributed by atoms with E-state index in [-0.39, 0.29) is 0 Å². The van der Waals surface area contributed by atoms with Crippen LogP contribution in [0.5, 0.6) is 0 Å². The van der Waals surface area contributed by atoms with Crippen LogP contribution in [0, 0.1) is 11.8 Å². The Morgan fingerprint density at radius 2 is 2.33 bits per heavy atom. The fourth-order valence-electron chi connectivity index (χ4n) is 1.25. The molecule has 0 aromatic rings. The summed E-state index contributed by atoms with van der Waals surface area (Å²) in [5.74, 6) is 6.98. The predicted octanol–water partition coefficient (Wildman–Crippen LogP) is 1.57. The zero-order chi connectivity index (χ0) is 8.65. The van der Waals surface area contributed by atoms with Gasteiger partial charge in [0.15, 0.2) is 0 Å². The largest absolute Gasteiger partial charge is 0.363 e. The number of nitrogens with zero attached hydrogens (tertiary/aromatic N) is 1. The molecule has 0 amide bonds. The molecule has 1 N–H and O–H groups in total. The molecule has 0 atom stereocenters. The molecule has 0 saturated carbocycles. The third kappa shape index (κ3) is 3.43. The zero-order valence-electron chi connectivity index (χ0n) is 7.69. The van der Waals surface area contributed by atoms with Crippen molar-refractivity contribution < 1.29 is 0 Å². The van der Waals surface area contributed by atoms with E-state index in [1.165, 1.54) is 19.3 Å². The summed E-state index contributed by atoms with van der Waals surface area (Å²) in [6.07, 6.45) is 4.93. The van der Waals surface area contributed by atoms with Crippen LogP contribution in [0.2, 0.25) is 0 Å². The van der Waals surface area contributed by atoms with E-state index < -0.39 is 0 Å². The van der Waals surface area contributed by atoms with Gasteiger partial charge in [0.25, 0.3) is 0 Å². The maximum Gasteiger partial charge on any atom is 0.0970 e. The quantitative estimate of drug-likeness (QED) is 0.584. The van der Waals surface area contributed by atoms with E-state index in [9.17, 15) is 0 Å². The molecule has 2 nitrogen and oxygen atoms in total. The smallest absolute Gasteiger partial charge is 0.0970 e. The Balaban J connectivity index is 2.27. The second-order valence-corrected chi connectivity index (χ2v) is 2.92. The Hall–Kier alpha value is -0.970. The van der Waals surface area contributed by atoms with Gasteiger partial charge in [0.1, 0.15) is 0 Å². The van der Waals surface area contributed by atoms with E-state index in [0.717, 1.165) is 25.3 Å². The maximum atomic E-state index is 4.43. The summed E-state index contributed by atoms with van der Waals surface area (Å²) in [6.45, 7) is 3.59. The predicted molar refractivity (Wildman–Crippen MR) is 52.2 cm³/mol. The molecule has 0 saturated heterocycles. The number of aliphatic imine (C=N–C) groups is 1. The van der Waals surface area contributed by atoms with Crippen molar-refractivity contribution in [3.63, 3.8) is 0 Å². The summed E-state index contributed by atoms with van der Waals surface area (Å²) < 4.78 is 0. The summed E-state index contributed by atoms with van der Waals surface area (Å²) >= 11 is 0. The topological polar surface area (TPSA) is 24.4 Å². The van der Waals surface area contributed by atoms with Crippen LogP contribution in [0.3, 0.4) is 0 Å². The second kappa shape index (κ2) is 5.65. The summed E-state index contributed by atoms with van der Waals surface area (Å²) in [5, 5.41) is 3.24. The Kier molecular flexibility index (Phi) is 4.30. The molecular formula is C10H16N2. The lowest BCUT2D eigenvalue weighted by Crippen LogP contribution is -2.23. The minimum Gasteiger partial charge on any atom is -0.363 e. The van der Waals surface area contributed by atoms with Gasteiger partial charge in [0, 0.05) is 13.0 Å². The first kappa shape index (κ1) is 9.12. The van der Waals surface area contributed by atoms with Crippen LogP contribution in [0.25, 0.3) is 0 Å². The summed E-state index contributed by atoms with van der Waals surface area (Å²) in [7, 11) is 0. The van der Waals surface area contributed by atoms with Crippen molar-refractivity contribution in [1.82, 2.24) is 5.32 Å². The molecule has 0 fully saturated rings. The lowest BCUT2D eigenvalue weighted by molar-refractivity contribution is 0.729. The zero-order valence-corrected chi connectivity index (χ0v) is 7.69. The van der Waals surface area contributed by atoms with Gasteiger partial charge in [0.05, 0.1) is 12.4 Å². The Morgan fingerprint density at radius 3 is 3.17 bits per heavy atom. The van der Waals surface area contributed by atoms with Gasteiger partial charge in [-0.2, -0.15) is 0 Å². The van der Waals surface area contributed by atoms with Gasteiger partial charge in [0.2, 0.25) is 0 Å². The van der Waals surface area contributed by atoms with Crippen molar-refractivity contribution in [3.05, 3.63) is 0 Å². The lowest BCUT2D eigenvalue weighted by Gasteiger charge is -2.03. The molecular weight excluding hydrogens is 148 g/mol. The highest BCUT2D eigenvalue weighted by Gasteiger charge is 2.01. The van der Waals surface area contributed by atoms with Crippen molar-refractivity contribution in [3.8, 4) is 11.8 Å². The molecule has 1 aliphatic rings. The first-order valence-corrected chi connectivity index (χ1v) is 4.60. The van der Waals surface area contributed by atoms with E-state index in [1.807, 2.05) is 6.92 Å². The Morgan fingerprint density at radius 1 is 1.42 bits per heavy atom. The number of amidine groups is 1. The fraction of sp³-hybridized carbons (Fsp3) is 0.700. The third-order valence-electron chi connectivity index (χ3n) is 1.93. The Labute approximate surface area is 74.5 Å². The highest BCUT2D eigenvalue weighted by molar-refractivity contribution is 5.82. The molecule has 66 valence electrons. The van der Waals surface area contributed by atoms with Crippen molar-refractivity contribution in [1.29, 1.82) is 0 Å². The van der Waals surface area contributed by atoms with Crippen LogP contribution < -0.4 is 5.32 Å². The van der Waals surface area contributed by atoms with E-state index in [0.29, 0.717) is 0 Å². The van der Waals surface area contributed by atoms with Gasteiger partial charge in [-0.15, -0.1) is 5.92 Å². The molecule has 0 radical (unpaired) electrons. The van der Waals surface area contributed by atoms with Gasteiger partial charge in [-0.1, -0.05) is 12.3 Å². The van der Waals surface area contributed by atoms with Crippen LogP contribution in [0.4, 0.5) is 0 Å². The van der Waals surface area contributed by atoms with E-state index >= 15 is 0 Å². The summed E-state index contributed by atoms with van der Waals surface area (Å²) in [5.41, 5.74) is 0. The van der Waals surface area contributed by atoms with Gasteiger partial charge in [-0.25, -0.2) is 0 Å². The second-order valence-electron chi connectivity index (χ2n) is 2.92. The van der Waals surface area contributed by atoms with Crippen molar-refractivity contribution in [2.24, 2.45) is 4.99 Å². The third-order valence-corrected chi connectivity index (χ3v) is 1.93. The van der Waals surface area contributed by atoms with Crippen LogP contribution in [-0.4, -0.2) is 18.9 Å². The van der Waals surface area contributed by atoms with Gasteiger partial charge >= 0.3 is 0 Å². The van der Waals surface area contributed by atoms with Gasteiger partial charge in [-0.05, 0) is 19.8 Å². The molecule has 0 aromatic carbocycles. The molecule has 1 aliphatic heterocycles. The van der Waals surface area contributed by atoms with Gasteiger partial charge < -0.3 is 5.32 Å². The molecule has 1 rings (SSSR count). The van der Waals surface area contributed by atoms with Crippen LogP contribution in [0.1, 0.15) is 32.6 Å². The first-order valence-electron chi connectivity index (χ1n) is 4.60. The molecule has 0 aromatic heterocycles. The SMILES string of the molecule is CC#CCNC1=NCCCCC1. The molecule has 0 spiro atoms. The lowest BCUT2D eigenvalue weighted by atomic mass is 10.2. The minimum absolute atomic E-state index is 0.745. The number of nitrogens with one attached hydrogen (secondary N) is 1. The van der Waals surface area contributed by atoms with Crippen molar-refractivity contribution in [2.45, 2.75) is 32.6 Å². The number of hydrogen-bond acceptors (Lipinski definition) is 2. The number of rotatable bonds is 1. The van der Waals surface area contributed by atoms with E-state index in [4.69, 9.17) is 0 Å². The van der Waals surface area contributed by atoms with Crippen LogP contribution in [-0.2, 0) is 0 Å². The van der Waals surface area contributed by atoms with Gasteiger partial charge in [-0.3, -0.25) is 4.99 Å². The standard InChI is InChI=1S/C10H16N2/c1-2-3-8-11-10-7-5-4-6-9-12-10/h4-9H2,1H3,(H,11,12). The van der Waals surface area contributed by atoms with E-state index in [1.54, 1.807) is 0 Å². The highest BCUT2D eigenvalue weighted by Crippen LogP contribution is 2.05. The number of hydrogen-bond donors (Lipinski definition) is 1. The maximum absolute atomic E-state index is 4.43. The van der Waals surface area contributed by atoms with Crippen molar-refractivity contribution >= 4 is 5.84 Å². The summed E-state index contributed by atoms with van der Waals surface area (Å²) in [4.78, 5) is 4.43. The first-order chi connectivity index (χ1) is 5.93. The molecule has 0 bridgehead atoms. The van der Waals surface area contributed by atoms with Crippen LogP contribution in [0.15, 0.2) is 4.99 Å². The molecule has 0 aliphatic carbocycles. The normalized spacial score (nSPS) is 16.9. The molecule has 0 unspecified atom stereocenters.